The van der Waals surface area contributed by atoms with Crippen LogP contribution in [0.1, 0.15) is 38.8 Å². The number of amides is 2. The second-order valence-corrected chi connectivity index (χ2v) is 12.7. The van der Waals surface area contributed by atoms with Gasteiger partial charge in [0.1, 0.15) is 10.4 Å². The van der Waals surface area contributed by atoms with Gasteiger partial charge in [0.25, 0.3) is 5.91 Å². The molecule has 2 aliphatic rings. The van der Waals surface area contributed by atoms with E-state index >= 15 is 0 Å². The molecule has 0 bridgehead atoms. The van der Waals surface area contributed by atoms with Crippen molar-refractivity contribution in [3.63, 3.8) is 0 Å². The van der Waals surface area contributed by atoms with Crippen molar-refractivity contribution >= 4 is 44.6 Å². The lowest BCUT2D eigenvalue weighted by atomic mass is 9.95. The van der Waals surface area contributed by atoms with Crippen molar-refractivity contribution in [3.05, 3.63) is 51.5 Å². The van der Waals surface area contributed by atoms with Crippen LogP contribution in [-0.2, 0) is 40.2 Å². The minimum Gasteiger partial charge on any atom is -0.350 e. The molecule has 0 aliphatic carbocycles. The van der Waals surface area contributed by atoms with E-state index in [9.17, 15) is 44.3 Å². The number of thiophene rings is 1. The molecule has 0 atom stereocenters. The summed E-state index contributed by atoms with van der Waals surface area (Å²) in [6, 6.07) is 4.26. The van der Waals surface area contributed by atoms with Gasteiger partial charge in [0.05, 0.1) is 21.2 Å². The van der Waals surface area contributed by atoms with Gasteiger partial charge in [-0.2, -0.15) is 26.3 Å². The summed E-state index contributed by atoms with van der Waals surface area (Å²) in [5.74, 6) is -3.32. The molecular formula is C25H21F6N5O4S2. The summed E-state index contributed by atoms with van der Waals surface area (Å²) in [4.78, 5) is 31.9. The predicted octanol–water partition coefficient (Wildman–Crippen LogP) is 4.49. The van der Waals surface area contributed by atoms with Crippen LogP contribution >= 0.6 is 11.3 Å². The van der Waals surface area contributed by atoms with E-state index in [1.165, 1.54) is 0 Å². The first kappa shape index (κ1) is 29.8. The van der Waals surface area contributed by atoms with Crippen LogP contribution in [0.15, 0.2) is 29.3 Å². The fraction of sp³-hybridized carbons (Fsp3) is 0.360. The normalized spacial score (nSPS) is 16.7. The minimum atomic E-state index is -5.00. The van der Waals surface area contributed by atoms with Gasteiger partial charge in [-0.05, 0) is 41.7 Å². The lowest BCUT2D eigenvalue weighted by Crippen LogP contribution is -2.43. The van der Waals surface area contributed by atoms with Crippen LogP contribution in [0.4, 0.5) is 38.0 Å². The number of hydrogen-bond donors (Lipinski definition) is 2. The molecular weight excluding hydrogens is 612 g/mol. The van der Waals surface area contributed by atoms with E-state index in [0.29, 0.717) is 51.2 Å². The van der Waals surface area contributed by atoms with Crippen LogP contribution in [0.5, 0.6) is 0 Å². The van der Waals surface area contributed by atoms with E-state index in [0.717, 1.165) is 6.07 Å². The number of anilines is 2. The highest BCUT2D eigenvalue weighted by molar-refractivity contribution is 7.91. The Bertz CT molecular complexity index is 1700. The highest BCUT2D eigenvalue weighted by Crippen LogP contribution is 2.42. The van der Waals surface area contributed by atoms with Gasteiger partial charge in [0.2, 0.25) is 5.95 Å². The zero-order valence-corrected chi connectivity index (χ0v) is 23.2. The maximum atomic E-state index is 13.9. The van der Waals surface area contributed by atoms with Crippen molar-refractivity contribution in [3.8, 4) is 10.6 Å². The van der Waals surface area contributed by atoms with Crippen molar-refractivity contribution in [2.75, 3.05) is 24.2 Å². The quantitative estimate of drug-likeness (QED) is 0.406. The lowest BCUT2D eigenvalue weighted by Gasteiger charge is -2.30. The molecule has 2 aliphatic heterocycles. The van der Waals surface area contributed by atoms with E-state index < -0.39 is 51.0 Å². The molecule has 0 radical (unpaired) electrons. The number of sulfone groups is 1. The first-order valence-electron chi connectivity index (χ1n) is 12.5. The van der Waals surface area contributed by atoms with Gasteiger partial charge >= 0.3 is 18.3 Å². The van der Waals surface area contributed by atoms with Crippen molar-refractivity contribution in [2.45, 2.75) is 43.6 Å². The third-order valence-corrected chi connectivity index (χ3v) is 9.82. The number of halogens is 6. The second-order valence-electron chi connectivity index (χ2n) is 9.56. The number of nitrogens with zero attached hydrogens (tertiary/aromatic N) is 3. The van der Waals surface area contributed by atoms with Crippen LogP contribution in [-0.4, -0.2) is 60.1 Å². The standard InChI is InChI=1S/C25H21F6N5O4S2/c1-2-12-7-14-11-36(22(38)25(29,30)31)5-3-13(14)8-16(12)34-23-33-10-15(24(26,27)28)19(35-23)17-9-18-20(41-17)21(37)32-4-6-42(18,39)40/h7-10H,2-6,11H2,1H3,(H,32,37)(H,33,34,35). The maximum absolute atomic E-state index is 13.9. The second kappa shape index (κ2) is 10.5. The molecule has 42 heavy (non-hydrogen) atoms. The Morgan fingerprint density at radius 2 is 1.88 bits per heavy atom. The molecule has 9 nitrogen and oxygen atoms in total. The smallest absolute Gasteiger partial charge is 0.350 e. The minimum absolute atomic E-state index is 0.117. The molecule has 4 heterocycles. The molecule has 0 saturated carbocycles. The molecule has 2 aromatic heterocycles. The molecule has 2 N–H and O–H groups in total. The Morgan fingerprint density at radius 3 is 2.55 bits per heavy atom. The summed E-state index contributed by atoms with van der Waals surface area (Å²) in [7, 11) is -3.94. The third-order valence-electron chi connectivity index (χ3n) is 6.82. The molecule has 3 aromatic rings. The van der Waals surface area contributed by atoms with Crippen molar-refractivity contribution in [2.24, 2.45) is 0 Å². The Balaban J connectivity index is 1.53. The van der Waals surface area contributed by atoms with Gasteiger partial charge in [0, 0.05) is 31.5 Å². The maximum Gasteiger partial charge on any atom is 0.471 e. The van der Waals surface area contributed by atoms with E-state index in [1.54, 1.807) is 19.1 Å². The topological polar surface area (TPSA) is 121 Å². The van der Waals surface area contributed by atoms with Crippen LogP contribution in [0.25, 0.3) is 10.6 Å². The van der Waals surface area contributed by atoms with Gasteiger partial charge in [-0.15, -0.1) is 11.3 Å². The number of aryl methyl sites for hydroxylation is 1. The van der Waals surface area contributed by atoms with Gasteiger partial charge in [-0.3, -0.25) is 9.59 Å². The first-order valence-corrected chi connectivity index (χ1v) is 14.9. The van der Waals surface area contributed by atoms with E-state index in [1.807, 2.05) is 0 Å². The lowest BCUT2D eigenvalue weighted by molar-refractivity contribution is -0.186. The van der Waals surface area contributed by atoms with Crippen molar-refractivity contribution in [1.82, 2.24) is 20.2 Å². The zero-order valence-electron chi connectivity index (χ0n) is 21.6. The number of alkyl halides is 6. The van der Waals surface area contributed by atoms with Gasteiger partial charge in [-0.1, -0.05) is 13.0 Å². The Labute approximate surface area is 238 Å². The number of fused-ring (bicyclic) bond motifs is 2. The summed E-state index contributed by atoms with van der Waals surface area (Å²) in [5, 5.41) is 5.29. The Morgan fingerprint density at radius 1 is 1.14 bits per heavy atom. The van der Waals surface area contributed by atoms with Crippen LogP contribution < -0.4 is 10.6 Å². The predicted molar refractivity (Wildman–Crippen MR) is 139 cm³/mol. The number of nitrogens with one attached hydrogen (secondary N) is 2. The zero-order chi connectivity index (χ0) is 30.6. The molecule has 5 rings (SSSR count). The Hall–Kier alpha value is -3.73. The van der Waals surface area contributed by atoms with E-state index in [4.69, 9.17) is 0 Å². The van der Waals surface area contributed by atoms with Crippen molar-refractivity contribution < 1.29 is 44.3 Å². The molecule has 0 saturated heterocycles. The van der Waals surface area contributed by atoms with E-state index in [2.05, 4.69) is 20.6 Å². The molecule has 224 valence electrons. The monoisotopic (exact) mass is 633 g/mol. The summed E-state index contributed by atoms with van der Waals surface area (Å²) < 4.78 is 106. The number of rotatable bonds is 4. The summed E-state index contributed by atoms with van der Waals surface area (Å²) >= 11 is 0.566. The summed E-state index contributed by atoms with van der Waals surface area (Å²) in [6.45, 7) is 1.21. The highest BCUT2D eigenvalue weighted by atomic mass is 32.2. The molecule has 1 aromatic carbocycles. The van der Waals surface area contributed by atoms with E-state index in [-0.39, 0.29) is 46.7 Å². The average molecular weight is 634 g/mol. The summed E-state index contributed by atoms with van der Waals surface area (Å²) in [6.07, 6.45) is -8.86. The van der Waals surface area contributed by atoms with Crippen molar-refractivity contribution in [1.29, 1.82) is 0 Å². The number of benzene rings is 1. The number of carbonyl (C=O) groups excluding carboxylic acids is 2. The summed E-state index contributed by atoms with van der Waals surface area (Å²) in [5.41, 5.74) is 0.282. The third kappa shape index (κ3) is 5.66. The molecule has 2 amide bonds. The number of carbonyl (C=O) groups is 2. The first-order chi connectivity index (χ1) is 19.6. The number of hydrogen-bond acceptors (Lipinski definition) is 8. The Kier molecular flexibility index (Phi) is 7.45. The molecule has 0 fully saturated rings. The average Bonchev–Trinajstić information content (AvgIpc) is 3.34. The fourth-order valence-corrected chi connectivity index (χ4v) is 7.57. The van der Waals surface area contributed by atoms with Gasteiger partial charge in [-0.25, -0.2) is 18.4 Å². The van der Waals surface area contributed by atoms with Gasteiger partial charge < -0.3 is 15.5 Å². The molecule has 17 heteroatoms. The fourth-order valence-electron chi connectivity index (χ4n) is 4.75. The molecule has 0 unspecified atom stereocenters. The van der Waals surface area contributed by atoms with Crippen LogP contribution in [0, 0.1) is 0 Å². The SMILES string of the molecule is CCc1cc2c(cc1Nc1ncc(C(F)(F)F)c(-c3cc4c(s3)C(=O)NCCS4(=O)=O)n1)CCN(C(=O)C(F)(F)F)C2. The highest BCUT2D eigenvalue weighted by Gasteiger charge is 2.43. The molecule has 0 spiro atoms. The van der Waals surface area contributed by atoms with Gasteiger partial charge in [0.15, 0.2) is 9.84 Å². The largest absolute Gasteiger partial charge is 0.471 e. The van der Waals surface area contributed by atoms with Crippen LogP contribution in [0.3, 0.4) is 0 Å². The van der Waals surface area contributed by atoms with Crippen LogP contribution in [0.2, 0.25) is 0 Å². The number of aromatic nitrogens is 2.